The average molecular weight is 281 g/mol. The highest BCUT2D eigenvalue weighted by molar-refractivity contribution is 7.16. The molecule has 4 nitrogen and oxygen atoms in total. The third kappa shape index (κ3) is 3.35. The van der Waals surface area contributed by atoms with Crippen LogP contribution >= 0.6 is 11.3 Å². The highest BCUT2D eigenvalue weighted by Gasteiger charge is 2.23. The zero-order chi connectivity index (χ0) is 13.8. The first-order valence-electron chi connectivity index (χ1n) is 6.78. The topological polar surface area (TPSA) is 66.4 Å². The molecule has 1 fully saturated rings. The third-order valence-electron chi connectivity index (χ3n) is 3.57. The number of aromatic carboxylic acids is 1. The van der Waals surface area contributed by atoms with Gasteiger partial charge in [-0.15, -0.1) is 11.3 Å². The first-order valence-corrected chi connectivity index (χ1v) is 7.60. The van der Waals surface area contributed by atoms with E-state index in [1.807, 2.05) is 6.92 Å². The van der Waals surface area contributed by atoms with Crippen molar-refractivity contribution < 1.29 is 14.7 Å². The summed E-state index contributed by atoms with van der Waals surface area (Å²) >= 11 is 1.37. The normalized spacial score (nSPS) is 16.3. The van der Waals surface area contributed by atoms with Crippen LogP contribution in [0.15, 0.2) is 6.07 Å². The number of amides is 1. The lowest BCUT2D eigenvalue weighted by Gasteiger charge is -2.20. The van der Waals surface area contributed by atoms with Gasteiger partial charge in [-0.1, -0.05) is 26.2 Å². The summed E-state index contributed by atoms with van der Waals surface area (Å²) in [7, 11) is 0. The van der Waals surface area contributed by atoms with E-state index < -0.39 is 5.97 Å². The quantitative estimate of drug-likeness (QED) is 0.887. The lowest BCUT2D eigenvalue weighted by atomic mass is 9.89. The van der Waals surface area contributed by atoms with E-state index in [2.05, 4.69) is 5.32 Å². The molecule has 19 heavy (non-hydrogen) atoms. The van der Waals surface area contributed by atoms with Crippen LogP contribution in [-0.4, -0.2) is 17.0 Å². The summed E-state index contributed by atoms with van der Waals surface area (Å²) in [5.41, 5.74) is 0.214. The van der Waals surface area contributed by atoms with Crippen LogP contribution in [0.1, 0.15) is 54.3 Å². The zero-order valence-corrected chi connectivity index (χ0v) is 11.9. The van der Waals surface area contributed by atoms with Crippen LogP contribution in [0.4, 0.5) is 5.00 Å². The van der Waals surface area contributed by atoms with E-state index in [4.69, 9.17) is 5.11 Å². The fraction of sp³-hybridized carbons (Fsp3) is 0.571. The summed E-state index contributed by atoms with van der Waals surface area (Å²) in [6.07, 6.45) is 6.00. The third-order valence-corrected chi connectivity index (χ3v) is 4.77. The molecular formula is C14H19NO3S. The minimum atomic E-state index is -0.977. The maximum absolute atomic E-state index is 12.1. The molecule has 0 aromatic carbocycles. The second-order valence-corrected chi connectivity index (χ2v) is 6.08. The number of hydrogen-bond donors (Lipinski definition) is 2. The number of thiophene rings is 1. The molecule has 5 heteroatoms. The SMILES string of the molecule is CCc1cc(C(=O)O)c(NC(=O)C2CCCCC2)s1. The second-order valence-electron chi connectivity index (χ2n) is 4.94. The molecule has 1 aromatic heterocycles. The van der Waals surface area contributed by atoms with E-state index in [9.17, 15) is 9.59 Å². The van der Waals surface area contributed by atoms with Crippen molar-refractivity contribution >= 4 is 28.2 Å². The monoisotopic (exact) mass is 281 g/mol. The molecule has 1 aromatic rings. The zero-order valence-electron chi connectivity index (χ0n) is 11.1. The number of carboxylic acids is 1. The van der Waals surface area contributed by atoms with Crippen molar-refractivity contribution in [2.45, 2.75) is 45.4 Å². The van der Waals surface area contributed by atoms with Crippen molar-refractivity contribution in [3.63, 3.8) is 0 Å². The van der Waals surface area contributed by atoms with Gasteiger partial charge in [-0.3, -0.25) is 4.79 Å². The molecule has 1 amide bonds. The van der Waals surface area contributed by atoms with Crippen molar-refractivity contribution in [1.29, 1.82) is 0 Å². The van der Waals surface area contributed by atoms with Crippen molar-refractivity contribution in [2.75, 3.05) is 5.32 Å². The number of aryl methyl sites for hydroxylation is 1. The van der Waals surface area contributed by atoms with E-state index in [0.717, 1.165) is 37.0 Å². The van der Waals surface area contributed by atoms with Gasteiger partial charge in [0.1, 0.15) is 5.00 Å². The Hall–Kier alpha value is -1.36. The molecule has 2 N–H and O–H groups in total. The lowest BCUT2D eigenvalue weighted by Crippen LogP contribution is -2.25. The first kappa shape index (κ1) is 14.1. The van der Waals surface area contributed by atoms with Crippen LogP contribution in [0.25, 0.3) is 0 Å². The summed E-state index contributed by atoms with van der Waals surface area (Å²) in [5.74, 6) is -0.954. The van der Waals surface area contributed by atoms with Crippen molar-refractivity contribution in [3.05, 3.63) is 16.5 Å². The van der Waals surface area contributed by atoms with E-state index in [-0.39, 0.29) is 17.4 Å². The maximum atomic E-state index is 12.1. The van der Waals surface area contributed by atoms with Crippen LogP contribution in [0.5, 0.6) is 0 Å². The molecule has 0 spiro atoms. The molecule has 1 saturated carbocycles. The maximum Gasteiger partial charge on any atom is 0.338 e. The number of carbonyl (C=O) groups excluding carboxylic acids is 1. The van der Waals surface area contributed by atoms with Crippen LogP contribution in [0.2, 0.25) is 0 Å². The molecule has 0 unspecified atom stereocenters. The summed E-state index contributed by atoms with van der Waals surface area (Å²) in [6, 6.07) is 1.66. The summed E-state index contributed by atoms with van der Waals surface area (Å²) in [4.78, 5) is 24.3. The van der Waals surface area contributed by atoms with Gasteiger partial charge in [-0.05, 0) is 25.3 Å². The molecule has 0 saturated heterocycles. The predicted octanol–water partition coefficient (Wildman–Crippen LogP) is 3.53. The highest BCUT2D eigenvalue weighted by atomic mass is 32.1. The molecule has 0 atom stereocenters. The Kier molecular flexibility index (Phi) is 4.58. The van der Waals surface area contributed by atoms with Gasteiger partial charge >= 0.3 is 5.97 Å². The van der Waals surface area contributed by atoms with Crippen molar-refractivity contribution in [3.8, 4) is 0 Å². The fourth-order valence-electron chi connectivity index (χ4n) is 2.45. The Balaban J connectivity index is 2.10. The Labute approximate surface area is 116 Å². The smallest absolute Gasteiger partial charge is 0.338 e. The molecule has 1 aliphatic rings. The van der Waals surface area contributed by atoms with Crippen LogP contribution in [0, 0.1) is 5.92 Å². The van der Waals surface area contributed by atoms with E-state index >= 15 is 0 Å². The first-order chi connectivity index (χ1) is 9.11. The van der Waals surface area contributed by atoms with E-state index in [1.54, 1.807) is 6.07 Å². The molecule has 104 valence electrons. The van der Waals surface area contributed by atoms with Crippen LogP contribution in [-0.2, 0) is 11.2 Å². The molecule has 1 aliphatic carbocycles. The standard InChI is InChI=1S/C14H19NO3S/c1-2-10-8-11(14(17)18)13(19-10)15-12(16)9-6-4-3-5-7-9/h8-9H,2-7H2,1H3,(H,15,16)(H,17,18). The molecular weight excluding hydrogens is 262 g/mol. The van der Waals surface area contributed by atoms with Gasteiger partial charge in [-0.25, -0.2) is 4.79 Å². The Morgan fingerprint density at radius 3 is 2.63 bits per heavy atom. The Morgan fingerprint density at radius 2 is 2.05 bits per heavy atom. The number of carboxylic acid groups (broad SMARTS) is 1. The van der Waals surface area contributed by atoms with Gasteiger partial charge in [0.2, 0.25) is 5.91 Å². The lowest BCUT2D eigenvalue weighted by molar-refractivity contribution is -0.120. The fourth-order valence-corrected chi connectivity index (χ4v) is 3.44. The summed E-state index contributed by atoms with van der Waals surface area (Å²) < 4.78 is 0. The molecule has 0 aliphatic heterocycles. The Morgan fingerprint density at radius 1 is 1.37 bits per heavy atom. The van der Waals surface area contributed by atoms with E-state index in [0.29, 0.717) is 5.00 Å². The van der Waals surface area contributed by atoms with Crippen LogP contribution < -0.4 is 5.32 Å². The van der Waals surface area contributed by atoms with Crippen molar-refractivity contribution in [1.82, 2.24) is 0 Å². The largest absolute Gasteiger partial charge is 0.478 e. The van der Waals surface area contributed by atoms with Gasteiger partial charge < -0.3 is 10.4 Å². The number of anilines is 1. The van der Waals surface area contributed by atoms with Gasteiger partial charge in [0.25, 0.3) is 0 Å². The number of nitrogens with one attached hydrogen (secondary N) is 1. The summed E-state index contributed by atoms with van der Waals surface area (Å²) in [6.45, 7) is 1.98. The molecule has 0 bridgehead atoms. The number of carbonyl (C=O) groups is 2. The minimum Gasteiger partial charge on any atom is -0.478 e. The Bertz CT molecular complexity index is 475. The predicted molar refractivity (Wildman–Crippen MR) is 75.9 cm³/mol. The number of rotatable bonds is 4. The van der Waals surface area contributed by atoms with Gasteiger partial charge in [-0.2, -0.15) is 0 Å². The highest BCUT2D eigenvalue weighted by Crippen LogP contribution is 2.31. The molecule has 1 heterocycles. The molecule has 2 rings (SSSR count). The summed E-state index contributed by atoms with van der Waals surface area (Å²) in [5, 5.41) is 12.5. The van der Waals surface area contributed by atoms with E-state index in [1.165, 1.54) is 17.8 Å². The van der Waals surface area contributed by atoms with Gasteiger partial charge in [0.15, 0.2) is 0 Å². The number of hydrogen-bond acceptors (Lipinski definition) is 3. The van der Waals surface area contributed by atoms with Crippen LogP contribution in [0.3, 0.4) is 0 Å². The minimum absolute atomic E-state index is 0.0216. The van der Waals surface area contributed by atoms with Gasteiger partial charge in [0, 0.05) is 10.8 Å². The van der Waals surface area contributed by atoms with Crippen molar-refractivity contribution in [2.24, 2.45) is 5.92 Å². The average Bonchev–Trinajstić information content (AvgIpc) is 2.83. The van der Waals surface area contributed by atoms with Gasteiger partial charge in [0.05, 0.1) is 5.56 Å². The second kappa shape index (κ2) is 6.19. The molecule has 0 radical (unpaired) electrons.